The first-order valence-electron chi connectivity index (χ1n) is 15.0. The summed E-state index contributed by atoms with van der Waals surface area (Å²) in [5.41, 5.74) is 9.44. The zero-order valence-corrected chi connectivity index (χ0v) is 24.2. The monoisotopic (exact) mass is 578 g/mol. The number of benzene rings is 7. The summed E-state index contributed by atoms with van der Waals surface area (Å²) >= 11 is 0. The standard InChI is InChI=1S/C41H26N2O2/c1-2-12-31(13-3-1)43(37-18-9-16-35-34-14-6-7-19-38(34)44-40(35)37)32-24-22-28(23-25-32)33-15-8-17-36-39(33)45-41(42-36)30-21-20-27-10-4-5-11-29(27)26-30/h1-26H. The van der Waals surface area contributed by atoms with Crippen LogP contribution in [0.5, 0.6) is 0 Å². The normalized spacial score (nSPS) is 11.6. The zero-order valence-electron chi connectivity index (χ0n) is 24.2. The molecular weight excluding hydrogens is 552 g/mol. The molecule has 2 aromatic heterocycles. The van der Waals surface area contributed by atoms with Crippen LogP contribution >= 0.6 is 0 Å². The number of rotatable bonds is 5. The van der Waals surface area contributed by atoms with E-state index in [9.17, 15) is 0 Å². The van der Waals surface area contributed by atoms with Crippen LogP contribution in [0.3, 0.4) is 0 Å². The van der Waals surface area contributed by atoms with Crippen LogP contribution in [0.25, 0.3) is 66.4 Å². The number of anilines is 3. The van der Waals surface area contributed by atoms with Crippen molar-refractivity contribution in [1.29, 1.82) is 0 Å². The number of hydrogen-bond donors (Lipinski definition) is 0. The third-order valence-corrected chi connectivity index (χ3v) is 8.49. The molecule has 0 unspecified atom stereocenters. The number of nitrogens with zero attached hydrogens (tertiary/aromatic N) is 2. The van der Waals surface area contributed by atoms with Gasteiger partial charge in [0.1, 0.15) is 11.1 Å². The predicted octanol–water partition coefficient (Wildman–Crippen LogP) is 11.7. The highest BCUT2D eigenvalue weighted by Crippen LogP contribution is 2.42. The summed E-state index contributed by atoms with van der Waals surface area (Å²) in [5, 5.41) is 4.56. The van der Waals surface area contributed by atoms with E-state index >= 15 is 0 Å². The summed E-state index contributed by atoms with van der Waals surface area (Å²) in [6.07, 6.45) is 0. The van der Waals surface area contributed by atoms with Crippen molar-refractivity contribution in [3.05, 3.63) is 158 Å². The average Bonchev–Trinajstić information content (AvgIpc) is 3.72. The first-order chi connectivity index (χ1) is 22.3. The van der Waals surface area contributed by atoms with Crippen LogP contribution in [0.2, 0.25) is 0 Å². The van der Waals surface area contributed by atoms with Gasteiger partial charge in [-0.15, -0.1) is 0 Å². The molecule has 0 fully saturated rings. The highest BCUT2D eigenvalue weighted by Gasteiger charge is 2.20. The van der Waals surface area contributed by atoms with Crippen molar-refractivity contribution in [2.24, 2.45) is 0 Å². The van der Waals surface area contributed by atoms with E-state index in [1.807, 2.05) is 30.3 Å². The van der Waals surface area contributed by atoms with Crippen molar-refractivity contribution >= 4 is 60.9 Å². The van der Waals surface area contributed by atoms with Gasteiger partial charge < -0.3 is 13.7 Å². The number of oxazole rings is 1. The molecule has 0 N–H and O–H groups in total. The second-order valence-corrected chi connectivity index (χ2v) is 11.2. The van der Waals surface area contributed by atoms with Gasteiger partial charge in [0.25, 0.3) is 0 Å². The Bertz CT molecular complexity index is 2490. The third-order valence-electron chi connectivity index (χ3n) is 8.49. The summed E-state index contributed by atoms with van der Waals surface area (Å²) < 4.78 is 12.9. The molecule has 0 aliphatic rings. The molecule has 4 nitrogen and oxygen atoms in total. The largest absolute Gasteiger partial charge is 0.454 e. The van der Waals surface area contributed by atoms with E-state index < -0.39 is 0 Å². The molecule has 9 rings (SSSR count). The van der Waals surface area contributed by atoms with Gasteiger partial charge in [-0.05, 0) is 70.9 Å². The molecule has 4 heteroatoms. The molecule has 0 saturated heterocycles. The van der Waals surface area contributed by atoms with Crippen molar-refractivity contribution in [2.75, 3.05) is 4.90 Å². The smallest absolute Gasteiger partial charge is 0.227 e. The lowest BCUT2D eigenvalue weighted by Gasteiger charge is -2.25. The molecule has 212 valence electrons. The maximum atomic E-state index is 6.45. The lowest BCUT2D eigenvalue weighted by atomic mass is 10.0. The molecule has 7 aromatic carbocycles. The lowest BCUT2D eigenvalue weighted by molar-refractivity contribution is 0.621. The van der Waals surface area contributed by atoms with E-state index in [0.29, 0.717) is 5.89 Å². The topological polar surface area (TPSA) is 42.4 Å². The van der Waals surface area contributed by atoms with Crippen LogP contribution in [0.4, 0.5) is 17.1 Å². The Morgan fingerprint density at radius 3 is 2.07 bits per heavy atom. The van der Waals surface area contributed by atoms with Gasteiger partial charge in [-0.3, -0.25) is 0 Å². The Hall–Kier alpha value is -6.13. The molecular formula is C41H26N2O2. The minimum Gasteiger partial charge on any atom is -0.454 e. The van der Waals surface area contributed by atoms with Gasteiger partial charge in [-0.25, -0.2) is 4.98 Å². The summed E-state index contributed by atoms with van der Waals surface area (Å²) in [4.78, 5) is 7.11. The van der Waals surface area contributed by atoms with E-state index in [-0.39, 0.29) is 0 Å². The fourth-order valence-electron chi connectivity index (χ4n) is 6.32. The number of para-hydroxylation sites is 4. The van der Waals surface area contributed by atoms with Crippen LogP contribution < -0.4 is 4.90 Å². The number of fused-ring (bicyclic) bond motifs is 5. The summed E-state index contributed by atoms with van der Waals surface area (Å²) in [7, 11) is 0. The Morgan fingerprint density at radius 1 is 0.467 bits per heavy atom. The molecule has 0 spiro atoms. The van der Waals surface area contributed by atoms with Gasteiger partial charge in [-0.2, -0.15) is 0 Å². The van der Waals surface area contributed by atoms with Crippen LogP contribution in [0, 0.1) is 0 Å². The van der Waals surface area contributed by atoms with Gasteiger partial charge in [0.15, 0.2) is 11.2 Å². The second-order valence-electron chi connectivity index (χ2n) is 11.2. The van der Waals surface area contributed by atoms with Crippen molar-refractivity contribution in [1.82, 2.24) is 4.98 Å². The maximum absolute atomic E-state index is 6.45. The second kappa shape index (κ2) is 10.2. The van der Waals surface area contributed by atoms with Gasteiger partial charge >= 0.3 is 0 Å². The van der Waals surface area contributed by atoms with E-state index in [4.69, 9.17) is 13.8 Å². The zero-order chi connectivity index (χ0) is 29.7. The molecule has 2 heterocycles. The van der Waals surface area contributed by atoms with Crippen molar-refractivity contribution in [3.8, 4) is 22.6 Å². The van der Waals surface area contributed by atoms with E-state index in [1.54, 1.807) is 0 Å². The number of furan rings is 1. The average molecular weight is 579 g/mol. The van der Waals surface area contributed by atoms with E-state index in [1.165, 1.54) is 5.39 Å². The Labute approximate surface area is 259 Å². The van der Waals surface area contributed by atoms with Gasteiger partial charge in [-0.1, -0.05) is 103 Å². The molecule has 45 heavy (non-hydrogen) atoms. The van der Waals surface area contributed by atoms with E-state index in [2.05, 4.69) is 132 Å². The summed E-state index contributed by atoms with van der Waals surface area (Å²) in [6.45, 7) is 0. The molecule has 0 atom stereocenters. The SMILES string of the molecule is c1ccc(N(c2ccc(-c3cccc4nc(-c5ccc6ccccc6c5)oc34)cc2)c2cccc3c2oc2ccccc23)cc1. The van der Waals surface area contributed by atoms with Crippen LogP contribution in [0.1, 0.15) is 0 Å². The van der Waals surface area contributed by atoms with Crippen LogP contribution in [-0.2, 0) is 0 Å². The van der Waals surface area contributed by atoms with Gasteiger partial charge in [0.2, 0.25) is 5.89 Å². The summed E-state index contributed by atoms with van der Waals surface area (Å²) in [6, 6.07) is 54.4. The first kappa shape index (κ1) is 25.4. The maximum Gasteiger partial charge on any atom is 0.227 e. The fourth-order valence-corrected chi connectivity index (χ4v) is 6.32. The van der Waals surface area contributed by atoms with Crippen molar-refractivity contribution < 1.29 is 8.83 Å². The molecule has 0 saturated carbocycles. The van der Waals surface area contributed by atoms with Crippen LogP contribution in [-0.4, -0.2) is 4.98 Å². The van der Waals surface area contributed by atoms with Crippen molar-refractivity contribution in [2.45, 2.75) is 0 Å². The molecule has 0 radical (unpaired) electrons. The van der Waals surface area contributed by atoms with E-state index in [0.717, 1.165) is 72.2 Å². The molecule has 9 aromatic rings. The highest BCUT2D eigenvalue weighted by molar-refractivity contribution is 6.10. The predicted molar refractivity (Wildman–Crippen MR) is 184 cm³/mol. The van der Waals surface area contributed by atoms with Crippen molar-refractivity contribution in [3.63, 3.8) is 0 Å². The molecule has 0 amide bonds. The lowest BCUT2D eigenvalue weighted by Crippen LogP contribution is -2.10. The number of hydrogen-bond acceptors (Lipinski definition) is 4. The third kappa shape index (κ3) is 4.27. The Balaban J connectivity index is 1.14. The first-order valence-corrected chi connectivity index (χ1v) is 15.0. The van der Waals surface area contributed by atoms with Gasteiger partial charge in [0.05, 0.1) is 5.69 Å². The molecule has 0 bridgehead atoms. The van der Waals surface area contributed by atoms with Gasteiger partial charge in [0, 0.05) is 33.3 Å². The minimum atomic E-state index is 0.619. The fraction of sp³-hybridized carbons (Fsp3) is 0. The van der Waals surface area contributed by atoms with Crippen LogP contribution in [0.15, 0.2) is 167 Å². The molecule has 0 aliphatic heterocycles. The summed E-state index contributed by atoms with van der Waals surface area (Å²) in [5.74, 6) is 0.619. The quantitative estimate of drug-likeness (QED) is 0.204. The number of aromatic nitrogens is 1. The minimum absolute atomic E-state index is 0.619. The highest BCUT2D eigenvalue weighted by atomic mass is 16.3. The molecule has 0 aliphatic carbocycles. The Morgan fingerprint density at radius 2 is 1.18 bits per heavy atom. The Kier molecular flexibility index (Phi) is 5.78.